The smallest absolute Gasteiger partial charge is 0.296 e. The minimum atomic E-state index is -2.09. The van der Waals surface area contributed by atoms with Gasteiger partial charge in [0.15, 0.2) is 0 Å². The number of benzene rings is 1. The molecule has 0 spiro atoms. The van der Waals surface area contributed by atoms with Crippen molar-refractivity contribution in [2.45, 2.75) is 19.8 Å². The van der Waals surface area contributed by atoms with Gasteiger partial charge in [0.2, 0.25) is 0 Å². The molecule has 1 aromatic carbocycles. The third-order valence-corrected chi connectivity index (χ3v) is 4.88. The zero-order valence-electron chi connectivity index (χ0n) is 8.78. The molecule has 1 aromatic rings. The summed E-state index contributed by atoms with van der Waals surface area (Å²) in [6, 6.07) is 9.44. The van der Waals surface area contributed by atoms with Crippen molar-refractivity contribution in [3.63, 3.8) is 0 Å². The molecule has 0 aliphatic carbocycles. The molecule has 0 aliphatic rings. The number of hydrogen-bond acceptors (Lipinski definition) is 2. The molecule has 0 aliphatic heterocycles. The topological polar surface area (TPSA) is 26.3 Å². The van der Waals surface area contributed by atoms with Crippen molar-refractivity contribution in [3.8, 4) is 0 Å². The quantitative estimate of drug-likeness (QED) is 0.450. The van der Waals surface area contributed by atoms with Gasteiger partial charge in [-0.1, -0.05) is 43.7 Å². The van der Waals surface area contributed by atoms with Gasteiger partial charge in [0.25, 0.3) is 13.7 Å². The van der Waals surface area contributed by atoms with E-state index >= 15 is 0 Å². The van der Waals surface area contributed by atoms with Gasteiger partial charge >= 0.3 is 0 Å². The molecule has 0 N–H and O–H groups in total. The van der Waals surface area contributed by atoms with Crippen LogP contribution in [0.3, 0.4) is 0 Å². The van der Waals surface area contributed by atoms with Gasteiger partial charge in [0.05, 0.1) is 6.61 Å². The minimum absolute atomic E-state index is 0.226. The van der Waals surface area contributed by atoms with Crippen LogP contribution in [0.1, 0.15) is 19.8 Å². The molecule has 0 radical (unpaired) electrons. The molecule has 0 fully saturated rings. The molecule has 0 saturated carbocycles. The van der Waals surface area contributed by atoms with Crippen molar-refractivity contribution in [1.29, 1.82) is 0 Å². The van der Waals surface area contributed by atoms with Gasteiger partial charge < -0.3 is 4.74 Å². The predicted molar refractivity (Wildman–Crippen MR) is 65.3 cm³/mol. The second-order valence-electron chi connectivity index (χ2n) is 3.29. The summed E-state index contributed by atoms with van der Waals surface area (Å²) in [5, 5.41) is 0.917. The van der Waals surface area contributed by atoms with E-state index in [0.717, 1.165) is 18.0 Å². The standard InChI is InChI=1S/C11H15ClO2Si/c1-2-3-9-14-11(13)15(12)10-7-5-4-6-8-10/h4-8,15H,2-3,9H2,1H3. The lowest BCUT2D eigenvalue weighted by molar-refractivity contribution is 0.170. The highest BCUT2D eigenvalue weighted by atomic mass is 35.6. The Hall–Kier alpha value is -0.803. The monoisotopic (exact) mass is 242 g/mol. The summed E-state index contributed by atoms with van der Waals surface area (Å²) < 4.78 is 5.09. The lowest BCUT2D eigenvalue weighted by Crippen LogP contribution is -2.34. The van der Waals surface area contributed by atoms with Gasteiger partial charge in [-0.15, -0.1) is 0 Å². The van der Waals surface area contributed by atoms with Crippen LogP contribution in [-0.2, 0) is 4.74 Å². The zero-order chi connectivity index (χ0) is 11.1. The maximum atomic E-state index is 11.5. The summed E-state index contributed by atoms with van der Waals surface area (Å²) in [5.74, 6) is 0. The Morgan fingerprint density at radius 3 is 2.67 bits per heavy atom. The molecule has 2 nitrogen and oxygen atoms in total. The molecule has 0 saturated heterocycles. The fraction of sp³-hybridized carbons (Fsp3) is 0.364. The molecule has 4 heteroatoms. The Kier molecular flexibility index (Phi) is 5.43. The molecule has 0 aromatic heterocycles. The van der Waals surface area contributed by atoms with Gasteiger partial charge in [0.1, 0.15) is 0 Å². The summed E-state index contributed by atoms with van der Waals surface area (Å²) in [6.45, 7) is 2.54. The molecule has 82 valence electrons. The van der Waals surface area contributed by atoms with Crippen molar-refractivity contribution < 1.29 is 9.53 Å². The maximum absolute atomic E-state index is 11.5. The van der Waals surface area contributed by atoms with Crippen LogP contribution in [0.25, 0.3) is 0 Å². The first-order chi connectivity index (χ1) is 7.25. The predicted octanol–water partition coefficient (Wildman–Crippen LogP) is 2.37. The third-order valence-electron chi connectivity index (χ3n) is 2.04. The van der Waals surface area contributed by atoms with Gasteiger partial charge in [-0.3, -0.25) is 4.79 Å². The second-order valence-corrected chi connectivity index (χ2v) is 6.47. The van der Waals surface area contributed by atoms with Crippen molar-refractivity contribution >= 4 is 30.0 Å². The molecule has 0 amide bonds. The van der Waals surface area contributed by atoms with Crippen molar-refractivity contribution in [1.82, 2.24) is 0 Å². The van der Waals surface area contributed by atoms with Crippen LogP contribution in [0, 0.1) is 0 Å². The van der Waals surface area contributed by atoms with E-state index in [1.165, 1.54) is 0 Å². The average molecular weight is 243 g/mol. The largest absolute Gasteiger partial charge is 0.469 e. The number of rotatable bonds is 5. The first kappa shape index (κ1) is 12.3. The lowest BCUT2D eigenvalue weighted by Gasteiger charge is -2.08. The van der Waals surface area contributed by atoms with E-state index in [0.29, 0.717) is 6.61 Å². The summed E-state index contributed by atoms with van der Waals surface area (Å²) >= 11 is 6.10. The Morgan fingerprint density at radius 1 is 1.40 bits per heavy atom. The number of unbranched alkanes of at least 4 members (excludes halogenated alkanes) is 1. The van der Waals surface area contributed by atoms with E-state index in [1.807, 2.05) is 30.3 Å². The van der Waals surface area contributed by atoms with E-state index in [2.05, 4.69) is 6.92 Å². The highest BCUT2D eigenvalue weighted by Gasteiger charge is 2.21. The van der Waals surface area contributed by atoms with Crippen LogP contribution in [-0.4, -0.2) is 20.3 Å². The van der Waals surface area contributed by atoms with Crippen LogP contribution >= 0.6 is 11.1 Å². The first-order valence-corrected chi connectivity index (χ1v) is 8.01. The van der Waals surface area contributed by atoms with Gasteiger partial charge in [-0.2, -0.15) is 11.1 Å². The third kappa shape index (κ3) is 4.06. The Morgan fingerprint density at radius 2 is 2.07 bits per heavy atom. The highest BCUT2D eigenvalue weighted by molar-refractivity contribution is 7.29. The van der Waals surface area contributed by atoms with Gasteiger partial charge in [-0.05, 0) is 11.6 Å². The number of carbonyl (C=O) groups excluding carboxylic acids is 1. The van der Waals surface area contributed by atoms with Crippen molar-refractivity contribution in [3.05, 3.63) is 30.3 Å². The molecule has 1 atom stereocenters. The maximum Gasteiger partial charge on any atom is 0.296 e. The van der Waals surface area contributed by atoms with E-state index in [-0.39, 0.29) is 5.59 Å². The normalized spacial score (nSPS) is 12.1. The highest BCUT2D eigenvalue weighted by Crippen LogP contribution is 1.99. The number of carbonyl (C=O) groups is 1. The van der Waals surface area contributed by atoms with E-state index < -0.39 is 8.11 Å². The van der Waals surface area contributed by atoms with Crippen LogP contribution in [0.4, 0.5) is 4.79 Å². The Balaban J connectivity index is 2.46. The fourth-order valence-corrected chi connectivity index (χ4v) is 2.87. The van der Waals surface area contributed by atoms with Crippen molar-refractivity contribution in [2.24, 2.45) is 0 Å². The molecular weight excluding hydrogens is 228 g/mol. The zero-order valence-corrected chi connectivity index (χ0v) is 10.7. The van der Waals surface area contributed by atoms with E-state index in [9.17, 15) is 4.79 Å². The molecule has 0 bridgehead atoms. The molecule has 15 heavy (non-hydrogen) atoms. The van der Waals surface area contributed by atoms with Crippen LogP contribution < -0.4 is 5.19 Å². The summed E-state index contributed by atoms with van der Waals surface area (Å²) in [4.78, 5) is 11.5. The molecular formula is C11H15ClO2Si. The molecule has 1 rings (SSSR count). The Labute approximate surface area is 96.5 Å². The van der Waals surface area contributed by atoms with Crippen LogP contribution in [0.2, 0.25) is 0 Å². The first-order valence-electron chi connectivity index (χ1n) is 5.11. The van der Waals surface area contributed by atoms with Gasteiger partial charge in [0, 0.05) is 0 Å². The number of ether oxygens (including phenoxy) is 1. The van der Waals surface area contributed by atoms with Gasteiger partial charge in [-0.25, -0.2) is 0 Å². The van der Waals surface area contributed by atoms with Crippen LogP contribution in [0.15, 0.2) is 30.3 Å². The summed E-state index contributed by atoms with van der Waals surface area (Å²) in [5.41, 5.74) is -0.226. The lowest BCUT2D eigenvalue weighted by atomic mass is 10.4. The molecule has 0 heterocycles. The van der Waals surface area contributed by atoms with Crippen LogP contribution in [0.5, 0.6) is 0 Å². The Bertz CT molecular complexity index is 303. The minimum Gasteiger partial charge on any atom is -0.469 e. The average Bonchev–Trinajstić information content (AvgIpc) is 2.29. The molecule has 1 unspecified atom stereocenters. The van der Waals surface area contributed by atoms with Crippen molar-refractivity contribution in [2.75, 3.05) is 6.61 Å². The summed E-state index contributed by atoms with van der Waals surface area (Å²) in [6.07, 6.45) is 1.92. The summed E-state index contributed by atoms with van der Waals surface area (Å²) in [7, 11) is -2.09. The van der Waals surface area contributed by atoms with E-state index in [4.69, 9.17) is 15.8 Å². The SMILES string of the molecule is CCCCOC(=O)[SiH](Cl)c1ccccc1. The number of halogens is 1. The second kappa shape index (κ2) is 6.64. The fourth-order valence-electron chi connectivity index (χ4n) is 1.15. The number of hydrogen-bond donors (Lipinski definition) is 0. The van der Waals surface area contributed by atoms with E-state index in [1.54, 1.807) is 0 Å².